The van der Waals surface area contributed by atoms with Crippen LogP contribution in [-0.4, -0.2) is 21.6 Å². The Bertz CT molecular complexity index is 735. The second-order valence-electron chi connectivity index (χ2n) is 4.15. The van der Waals surface area contributed by atoms with Gasteiger partial charge in [0.2, 0.25) is 5.82 Å². The maximum Gasteiger partial charge on any atom is 0.263 e. The summed E-state index contributed by atoms with van der Waals surface area (Å²) in [4.78, 5) is 4.35. The van der Waals surface area contributed by atoms with Crippen molar-refractivity contribution in [2.75, 3.05) is 12.4 Å². The second-order valence-corrected chi connectivity index (χ2v) is 4.93. The zero-order chi connectivity index (χ0) is 14.1. The Balaban J connectivity index is 2.02. The van der Waals surface area contributed by atoms with Gasteiger partial charge < -0.3 is 9.84 Å². The molecule has 3 rings (SSSR count). The highest BCUT2D eigenvalue weighted by Gasteiger charge is 2.19. The van der Waals surface area contributed by atoms with Crippen LogP contribution >= 0.6 is 11.5 Å². The standard InChI is InChI=1S/C13H11FN4OS/c1-7-10(13(15-2)20-18-7)12-16-11(17-19-12)8-3-5-9(14)6-4-8/h3-6,15H,1-2H3. The number of halogens is 1. The number of hydrogen-bond acceptors (Lipinski definition) is 6. The van der Waals surface area contributed by atoms with Crippen LogP contribution in [0.4, 0.5) is 9.39 Å². The summed E-state index contributed by atoms with van der Waals surface area (Å²) in [6.45, 7) is 1.88. The average Bonchev–Trinajstić information content (AvgIpc) is 3.05. The Morgan fingerprint density at radius 1 is 1.25 bits per heavy atom. The topological polar surface area (TPSA) is 63.8 Å². The van der Waals surface area contributed by atoms with Crippen LogP contribution in [0.5, 0.6) is 0 Å². The summed E-state index contributed by atoms with van der Waals surface area (Å²) in [5.74, 6) is 0.528. The molecule has 0 saturated heterocycles. The van der Waals surface area contributed by atoms with Crippen LogP contribution < -0.4 is 5.32 Å². The first-order valence-electron chi connectivity index (χ1n) is 5.93. The molecule has 1 aromatic carbocycles. The minimum absolute atomic E-state index is 0.298. The Morgan fingerprint density at radius 3 is 2.70 bits per heavy atom. The molecule has 0 bridgehead atoms. The third-order valence-corrected chi connectivity index (χ3v) is 3.79. The number of benzene rings is 1. The molecule has 0 amide bonds. The number of aryl methyl sites for hydroxylation is 1. The van der Waals surface area contributed by atoms with E-state index in [0.29, 0.717) is 17.3 Å². The molecule has 0 aliphatic rings. The van der Waals surface area contributed by atoms with Gasteiger partial charge in [0.1, 0.15) is 10.8 Å². The van der Waals surface area contributed by atoms with E-state index < -0.39 is 0 Å². The van der Waals surface area contributed by atoms with Crippen LogP contribution in [0, 0.1) is 12.7 Å². The lowest BCUT2D eigenvalue weighted by Crippen LogP contribution is -1.88. The van der Waals surface area contributed by atoms with Gasteiger partial charge in [-0.15, -0.1) is 0 Å². The fraction of sp³-hybridized carbons (Fsp3) is 0.154. The van der Waals surface area contributed by atoms with Crippen molar-refractivity contribution in [3.05, 3.63) is 35.8 Å². The zero-order valence-corrected chi connectivity index (χ0v) is 11.7. The molecule has 0 saturated carbocycles. The van der Waals surface area contributed by atoms with Crippen LogP contribution in [-0.2, 0) is 0 Å². The molecule has 7 heteroatoms. The van der Waals surface area contributed by atoms with Crippen LogP contribution in [0.2, 0.25) is 0 Å². The maximum atomic E-state index is 12.9. The van der Waals surface area contributed by atoms with E-state index in [9.17, 15) is 4.39 Å². The molecule has 0 unspecified atom stereocenters. The normalized spacial score (nSPS) is 10.8. The smallest absolute Gasteiger partial charge is 0.263 e. The minimum atomic E-state index is -0.298. The molecular formula is C13H11FN4OS. The number of rotatable bonds is 3. The predicted molar refractivity (Wildman–Crippen MR) is 75.1 cm³/mol. The van der Waals surface area contributed by atoms with Crippen molar-refractivity contribution in [1.29, 1.82) is 0 Å². The van der Waals surface area contributed by atoms with E-state index in [-0.39, 0.29) is 5.82 Å². The lowest BCUT2D eigenvalue weighted by molar-refractivity contribution is 0.432. The number of hydrogen-bond donors (Lipinski definition) is 1. The Labute approximate surface area is 118 Å². The SMILES string of the molecule is CNc1snc(C)c1-c1nc(-c2ccc(F)cc2)no1. The lowest BCUT2D eigenvalue weighted by atomic mass is 10.2. The van der Waals surface area contributed by atoms with Gasteiger partial charge in [-0.25, -0.2) is 4.39 Å². The second kappa shape index (κ2) is 5.01. The van der Waals surface area contributed by atoms with Crippen molar-refractivity contribution in [1.82, 2.24) is 14.5 Å². The van der Waals surface area contributed by atoms with Crippen LogP contribution in [0.15, 0.2) is 28.8 Å². The number of aromatic nitrogens is 3. The summed E-state index contributed by atoms with van der Waals surface area (Å²) in [6.07, 6.45) is 0. The fourth-order valence-corrected chi connectivity index (χ4v) is 2.57. The van der Waals surface area contributed by atoms with E-state index in [4.69, 9.17) is 4.52 Å². The van der Waals surface area contributed by atoms with E-state index >= 15 is 0 Å². The molecule has 102 valence electrons. The Kier molecular flexibility index (Phi) is 3.19. The number of nitrogens with zero attached hydrogens (tertiary/aromatic N) is 3. The third kappa shape index (κ3) is 2.16. The Hall–Kier alpha value is -2.28. The van der Waals surface area contributed by atoms with Gasteiger partial charge in [0.15, 0.2) is 0 Å². The molecule has 1 N–H and O–H groups in total. The fourth-order valence-electron chi connectivity index (χ4n) is 1.83. The summed E-state index contributed by atoms with van der Waals surface area (Å²) < 4.78 is 22.5. The molecular weight excluding hydrogens is 279 g/mol. The molecule has 20 heavy (non-hydrogen) atoms. The molecule has 2 heterocycles. The van der Waals surface area contributed by atoms with Gasteiger partial charge in [-0.05, 0) is 42.7 Å². The summed E-state index contributed by atoms with van der Waals surface area (Å²) in [6, 6.07) is 5.95. The van der Waals surface area contributed by atoms with Gasteiger partial charge in [0.25, 0.3) is 5.89 Å². The van der Waals surface area contributed by atoms with E-state index in [1.807, 2.05) is 14.0 Å². The first-order chi connectivity index (χ1) is 9.69. The van der Waals surface area contributed by atoms with Gasteiger partial charge in [0, 0.05) is 12.6 Å². The number of anilines is 1. The molecule has 0 aliphatic carbocycles. The van der Waals surface area contributed by atoms with E-state index in [1.54, 1.807) is 12.1 Å². The summed E-state index contributed by atoms with van der Waals surface area (Å²) >= 11 is 1.34. The van der Waals surface area contributed by atoms with Gasteiger partial charge in [-0.2, -0.15) is 9.36 Å². The summed E-state index contributed by atoms with van der Waals surface area (Å²) in [5, 5.41) is 7.85. The first-order valence-corrected chi connectivity index (χ1v) is 6.70. The Morgan fingerprint density at radius 2 is 2.00 bits per heavy atom. The first kappa shape index (κ1) is 12.7. The van der Waals surface area contributed by atoms with Gasteiger partial charge in [-0.3, -0.25) is 0 Å². The monoisotopic (exact) mass is 290 g/mol. The highest BCUT2D eigenvalue weighted by atomic mass is 32.1. The largest absolute Gasteiger partial charge is 0.378 e. The average molecular weight is 290 g/mol. The van der Waals surface area contributed by atoms with Crippen molar-refractivity contribution < 1.29 is 8.91 Å². The van der Waals surface area contributed by atoms with Crippen molar-refractivity contribution in [2.24, 2.45) is 0 Å². The molecule has 0 atom stereocenters. The highest BCUT2D eigenvalue weighted by molar-refractivity contribution is 7.10. The molecule has 0 aliphatic heterocycles. The molecule has 3 aromatic rings. The van der Waals surface area contributed by atoms with Gasteiger partial charge >= 0.3 is 0 Å². The van der Waals surface area contributed by atoms with Crippen LogP contribution in [0.3, 0.4) is 0 Å². The van der Waals surface area contributed by atoms with Crippen LogP contribution in [0.1, 0.15) is 5.69 Å². The summed E-state index contributed by atoms with van der Waals surface area (Å²) in [5.41, 5.74) is 2.33. The lowest BCUT2D eigenvalue weighted by Gasteiger charge is -1.96. The van der Waals surface area contributed by atoms with Crippen molar-refractivity contribution in [3.63, 3.8) is 0 Å². The van der Waals surface area contributed by atoms with E-state index in [0.717, 1.165) is 16.3 Å². The van der Waals surface area contributed by atoms with Crippen molar-refractivity contribution >= 4 is 16.5 Å². The molecule has 0 spiro atoms. The molecule has 5 nitrogen and oxygen atoms in total. The van der Waals surface area contributed by atoms with Gasteiger partial charge in [0.05, 0.1) is 11.3 Å². The van der Waals surface area contributed by atoms with Crippen LogP contribution in [0.25, 0.3) is 22.8 Å². The minimum Gasteiger partial charge on any atom is -0.378 e. The molecule has 2 aromatic heterocycles. The van der Waals surface area contributed by atoms with Crippen molar-refractivity contribution in [2.45, 2.75) is 6.92 Å². The van der Waals surface area contributed by atoms with Crippen molar-refractivity contribution in [3.8, 4) is 22.8 Å². The quantitative estimate of drug-likeness (QED) is 0.801. The molecule has 0 fully saturated rings. The highest BCUT2D eigenvalue weighted by Crippen LogP contribution is 2.34. The maximum absolute atomic E-state index is 12.9. The third-order valence-electron chi connectivity index (χ3n) is 2.83. The summed E-state index contributed by atoms with van der Waals surface area (Å²) in [7, 11) is 1.81. The predicted octanol–water partition coefficient (Wildman–Crippen LogP) is 3.35. The van der Waals surface area contributed by atoms with E-state index in [1.165, 1.54) is 23.7 Å². The van der Waals surface area contributed by atoms with E-state index in [2.05, 4.69) is 19.8 Å². The zero-order valence-electron chi connectivity index (χ0n) is 10.8. The number of nitrogens with one attached hydrogen (secondary N) is 1. The van der Waals surface area contributed by atoms with Gasteiger partial charge in [-0.1, -0.05) is 5.16 Å². The molecule has 0 radical (unpaired) electrons.